The second kappa shape index (κ2) is 5.68. The van der Waals surface area contributed by atoms with Crippen molar-refractivity contribution < 1.29 is 4.79 Å². The van der Waals surface area contributed by atoms with Gasteiger partial charge in [0.1, 0.15) is 5.82 Å². The SMILES string of the molecule is CNc1ccc(C(=O)NCc2c(C)nn(C)c2C)nn1. The van der Waals surface area contributed by atoms with Crippen molar-refractivity contribution in [2.45, 2.75) is 20.4 Å². The molecule has 0 aliphatic heterocycles. The summed E-state index contributed by atoms with van der Waals surface area (Å²) in [5.74, 6) is 0.378. The largest absolute Gasteiger partial charge is 0.372 e. The average Bonchev–Trinajstić information content (AvgIpc) is 2.70. The Labute approximate surface area is 117 Å². The molecule has 20 heavy (non-hydrogen) atoms. The molecule has 106 valence electrons. The lowest BCUT2D eigenvalue weighted by Gasteiger charge is -2.05. The van der Waals surface area contributed by atoms with Gasteiger partial charge in [0.15, 0.2) is 5.69 Å². The second-order valence-corrected chi connectivity index (χ2v) is 4.51. The molecule has 2 aromatic heterocycles. The smallest absolute Gasteiger partial charge is 0.272 e. The van der Waals surface area contributed by atoms with E-state index in [-0.39, 0.29) is 5.91 Å². The number of nitrogens with one attached hydrogen (secondary N) is 2. The number of anilines is 1. The molecule has 0 unspecified atom stereocenters. The van der Waals surface area contributed by atoms with Crippen LogP contribution < -0.4 is 10.6 Å². The molecular weight excluding hydrogens is 256 g/mol. The van der Waals surface area contributed by atoms with E-state index in [1.807, 2.05) is 20.9 Å². The molecule has 0 aliphatic carbocycles. The first-order valence-corrected chi connectivity index (χ1v) is 6.31. The molecule has 0 spiro atoms. The lowest BCUT2D eigenvalue weighted by Crippen LogP contribution is -2.24. The molecule has 0 fully saturated rings. The average molecular weight is 274 g/mol. The Bertz CT molecular complexity index is 617. The van der Waals surface area contributed by atoms with Crippen molar-refractivity contribution in [2.24, 2.45) is 7.05 Å². The van der Waals surface area contributed by atoms with Gasteiger partial charge < -0.3 is 10.6 Å². The van der Waals surface area contributed by atoms with Gasteiger partial charge in [-0.2, -0.15) is 5.10 Å². The van der Waals surface area contributed by atoms with Crippen LogP contribution in [0.2, 0.25) is 0 Å². The first-order valence-electron chi connectivity index (χ1n) is 6.31. The first kappa shape index (κ1) is 14.0. The summed E-state index contributed by atoms with van der Waals surface area (Å²) in [6.45, 7) is 4.33. The first-order chi connectivity index (χ1) is 9.52. The molecule has 0 atom stereocenters. The van der Waals surface area contributed by atoms with Crippen LogP contribution in [0.3, 0.4) is 0 Å². The van der Waals surface area contributed by atoms with Gasteiger partial charge in [0.05, 0.1) is 5.69 Å². The van der Waals surface area contributed by atoms with Crippen molar-refractivity contribution in [1.82, 2.24) is 25.3 Å². The molecule has 2 rings (SSSR count). The van der Waals surface area contributed by atoms with Crippen LogP contribution in [0.15, 0.2) is 12.1 Å². The van der Waals surface area contributed by atoms with Gasteiger partial charge in [0.2, 0.25) is 0 Å². The summed E-state index contributed by atoms with van der Waals surface area (Å²) in [5.41, 5.74) is 3.28. The van der Waals surface area contributed by atoms with E-state index in [1.165, 1.54) is 0 Å². The van der Waals surface area contributed by atoms with Crippen molar-refractivity contribution >= 4 is 11.7 Å². The minimum Gasteiger partial charge on any atom is -0.372 e. The Hall–Kier alpha value is -2.44. The van der Waals surface area contributed by atoms with Gasteiger partial charge in [-0.15, -0.1) is 10.2 Å². The Kier molecular flexibility index (Phi) is 3.97. The third-order valence-corrected chi connectivity index (χ3v) is 3.24. The number of carbonyl (C=O) groups is 1. The lowest BCUT2D eigenvalue weighted by molar-refractivity contribution is 0.0945. The summed E-state index contributed by atoms with van der Waals surface area (Å²) >= 11 is 0. The highest BCUT2D eigenvalue weighted by Crippen LogP contribution is 2.11. The molecule has 0 aromatic carbocycles. The number of hydrogen-bond donors (Lipinski definition) is 2. The zero-order chi connectivity index (χ0) is 14.7. The number of aromatic nitrogens is 4. The van der Waals surface area contributed by atoms with Gasteiger partial charge in [-0.25, -0.2) is 0 Å². The number of carbonyl (C=O) groups excluding carboxylic acids is 1. The van der Waals surface area contributed by atoms with Crippen LogP contribution in [-0.4, -0.2) is 32.9 Å². The summed E-state index contributed by atoms with van der Waals surface area (Å²) in [4.78, 5) is 12.0. The van der Waals surface area contributed by atoms with E-state index in [0.717, 1.165) is 17.0 Å². The number of amides is 1. The Morgan fingerprint density at radius 3 is 2.55 bits per heavy atom. The number of rotatable bonds is 4. The van der Waals surface area contributed by atoms with Crippen molar-refractivity contribution in [3.63, 3.8) is 0 Å². The number of nitrogens with zero attached hydrogens (tertiary/aromatic N) is 4. The second-order valence-electron chi connectivity index (χ2n) is 4.51. The Morgan fingerprint density at radius 2 is 2.05 bits per heavy atom. The summed E-state index contributed by atoms with van der Waals surface area (Å²) in [6.07, 6.45) is 0. The van der Waals surface area contributed by atoms with E-state index in [0.29, 0.717) is 18.1 Å². The van der Waals surface area contributed by atoms with Crippen LogP contribution >= 0.6 is 0 Å². The predicted octanol–water partition coefficient (Wildman–Crippen LogP) is 0.799. The quantitative estimate of drug-likeness (QED) is 0.861. The zero-order valence-corrected chi connectivity index (χ0v) is 12.1. The van der Waals surface area contributed by atoms with Crippen LogP contribution in [-0.2, 0) is 13.6 Å². The highest BCUT2D eigenvalue weighted by atomic mass is 16.1. The van der Waals surface area contributed by atoms with E-state index in [1.54, 1.807) is 23.9 Å². The van der Waals surface area contributed by atoms with Crippen LogP contribution in [0.4, 0.5) is 5.82 Å². The standard InChI is InChI=1S/C13H18N6O/c1-8-10(9(2)19(4)18-8)7-15-13(20)11-5-6-12(14-3)17-16-11/h5-6H,7H2,1-4H3,(H,14,17)(H,15,20). The molecule has 7 nitrogen and oxygen atoms in total. The molecule has 0 radical (unpaired) electrons. The minimum absolute atomic E-state index is 0.247. The summed E-state index contributed by atoms with van der Waals surface area (Å²) < 4.78 is 1.80. The number of hydrogen-bond acceptors (Lipinski definition) is 5. The van der Waals surface area contributed by atoms with Crippen LogP contribution in [0.1, 0.15) is 27.4 Å². The minimum atomic E-state index is -0.247. The maximum absolute atomic E-state index is 12.0. The molecule has 0 saturated carbocycles. The highest BCUT2D eigenvalue weighted by Gasteiger charge is 2.12. The van der Waals surface area contributed by atoms with Crippen molar-refractivity contribution in [2.75, 3.05) is 12.4 Å². The maximum Gasteiger partial charge on any atom is 0.272 e. The fourth-order valence-corrected chi connectivity index (χ4v) is 1.92. The third kappa shape index (κ3) is 2.76. The molecule has 7 heteroatoms. The monoisotopic (exact) mass is 274 g/mol. The van der Waals surface area contributed by atoms with Crippen LogP contribution in [0.5, 0.6) is 0 Å². The van der Waals surface area contributed by atoms with E-state index in [4.69, 9.17) is 0 Å². The fourth-order valence-electron chi connectivity index (χ4n) is 1.92. The van der Waals surface area contributed by atoms with Gasteiger partial charge >= 0.3 is 0 Å². The summed E-state index contributed by atoms with van der Waals surface area (Å²) in [5, 5.41) is 17.7. The third-order valence-electron chi connectivity index (χ3n) is 3.24. The van der Waals surface area contributed by atoms with Crippen LogP contribution in [0.25, 0.3) is 0 Å². The van der Waals surface area contributed by atoms with Gasteiger partial charge in [0, 0.05) is 31.9 Å². The van der Waals surface area contributed by atoms with E-state index >= 15 is 0 Å². The fraction of sp³-hybridized carbons (Fsp3) is 0.385. The normalized spacial score (nSPS) is 10.4. The van der Waals surface area contributed by atoms with Crippen LogP contribution in [0, 0.1) is 13.8 Å². The summed E-state index contributed by atoms with van der Waals surface area (Å²) in [6, 6.07) is 3.35. The Balaban J connectivity index is 2.04. The molecule has 0 bridgehead atoms. The lowest BCUT2D eigenvalue weighted by atomic mass is 10.2. The summed E-state index contributed by atoms with van der Waals surface area (Å²) in [7, 11) is 3.63. The molecule has 2 aromatic rings. The van der Waals surface area contributed by atoms with Gasteiger partial charge in [-0.3, -0.25) is 9.48 Å². The van der Waals surface area contributed by atoms with Crippen molar-refractivity contribution in [3.05, 3.63) is 34.8 Å². The molecule has 1 amide bonds. The van der Waals surface area contributed by atoms with E-state index in [2.05, 4.69) is 25.9 Å². The van der Waals surface area contributed by atoms with E-state index < -0.39 is 0 Å². The van der Waals surface area contributed by atoms with Gasteiger partial charge in [-0.1, -0.05) is 0 Å². The zero-order valence-electron chi connectivity index (χ0n) is 12.1. The maximum atomic E-state index is 12.0. The van der Waals surface area contributed by atoms with Crippen molar-refractivity contribution in [3.8, 4) is 0 Å². The molecule has 2 N–H and O–H groups in total. The van der Waals surface area contributed by atoms with Gasteiger partial charge in [-0.05, 0) is 26.0 Å². The van der Waals surface area contributed by atoms with Gasteiger partial charge in [0.25, 0.3) is 5.91 Å². The number of aryl methyl sites for hydroxylation is 2. The molecule has 0 aliphatic rings. The molecule has 2 heterocycles. The van der Waals surface area contributed by atoms with E-state index in [9.17, 15) is 4.79 Å². The Morgan fingerprint density at radius 1 is 1.30 bits per heavy atom. The molecule has 0 saturated heterocycles. The topological polar surface area (TPSA) is 84.7 Å². The van der Waals surface area contributed by atoms with Crippen molar-refractivity contribution in [1.29, 1.82) is 0 Å². The molecular formula is C13H18N6O. The highest BCUT2D eigenvalue weighted by molar-refractivity contribution is 5.92. The predicted molar refractivity (Wildman–Crippen MR) is 75.4 cm³/mol.